The van der Waals surface area contributed by atoms with E-state index in [4.69, 9.17) is 17.0 Å². The van der Waals surface area contributed by atoms with E-state index < -0.39 is 0 Å². The third kappa shape index (κ3) is 6.85. The van der Waals surface area contributed by atoms with Crippen LogP contribution >= 0.6 is 12.2 Å². The Morgan fingerprint density at radius 1 is 1.16 bits per heavy atom. The molecule has 0 saturated heterocycles. The normalized spacial score (nSPS) is 9.96. The predicted octanol–water partition coefficient (Wildman–Crippen LogP) is 4.06. The van der Waals surface area contributed by atoms with Gasteiger partial charge in [0.1, 0.15) is 12.4 Å². The minimum atomic E-state index is 0.504. The Bertz CT molecular complexity index is 658. The zero-order valence-corrected chi connectivity index (χ0v) is 15.4. The highest BCUT2D eigenvalue weighted by Gasteiger charge is 2.01. The summed E-state index contributed by atoms with van der Waals surface area (Å²) in [6.07, 6.45) is 2.72. The molecule has 0 saturated carbocycles. The summed E-state index contributed by atoms with van der Waals surface area (Å²) in [7, 11) is 2.10. The van der Waals surface area contributed by atoms with Gasteiger partial charge >= 0.3 is 0 Å². The molecule has 0 aromatic heterocycles. The molecular formula is C20H25N3OS. The van der Waals surface area contributed by atoms with Crippen molar-refractivity contribution in [2.75, 3.05) is 37.0 Å². The summed E-state index contributed by atoms with van der Waals surface area (Å²) in [5.41, 5.74) is 2.16. The molecule has 0 fully saturated rings. The Morgan fingerprint density at radius 3 is 2.56 bits per heavy atom. The van der Waals surface area contributed by atoms with Gasteiger partial charge in [0.15, 0.2) is 5.11 Å². The quantitative estimate of drug-likeness (QED) is 0.403. The maximum Gasteiger partial charge on any atom is 0.170 e. The summed E-state index contributed by atoms with van der Waals surface area (Å²) in [5.74, 6) is 0.813. The summed E-state index contributed by atoms with van der Waals surface area (Å²) < 4.78 is 5.45. The van der Waals surface area contributed by atoms with Crippen molar-refractivity contribution in [3.8, 4) is 5.75 Å². The van der Waals surface area contributed by atoms with Gasteiger partial charge < -0.3 is 20.3 Å². The van der Waals surface area contributed by atoms with Crippen molar-refractivity contribution < 1.29 is 4.74 Å². The van der Waals surface area contributed by atoms with Gasteiger partial charge in [-0.15, -0.1) is 0 Å². The van der Waals surface area contributed by atoms with E-state index in [1.54, 1.807) is 6.08 Å². The maximum absolute atomic E-state index is 5.45. The fraction of sp³-hybridized carbons (Fsp3) is 0.250. The van der Waals surface area contributed by atoms with Crippen molar-refractivity contribution in [2.45, 2.75) is 6.42 Å². The average Bonchev–Trinajstić information content (AvgIpc) is 2.65. The molecule has 0 atom stereocenters. The van der Waals surface area contributed by atoms with Crippen LogP contribution in [0.3, 0.4) is 0 Å². The van der Waals surface area contributed by atoms with Gasteiger partial charge in [0, 0.05) is 31.5 Å². The predicted molar refractivity (Wildman–Crippen MR) is 111 cm³/mol. The smallest absolute Gasteiger partial charge is 0.170 e. The molecule has 0 amide bonds. The molecule has 2 aromatic rings. The highest BCUT2D eigenvalue weighted by atomic mass is 32.1. The molecule has 132 valence electrons. The second-order valence-corrected chi connectivity index (χ2v) is 6.02. The molecule has 0 aliphatic rings. The van der Waals surface area contributed by atoms with Crippen molar-refractivity contribution in [2.24, 2.45) is 0 Å². The Morgan fingerprint density at radius 2 is 1.88 bits per heavy atom. The summed E-state index contributed by atoms with van der Waals surface area (Å²) in [5, 5.41) is 7.04. The van der Waals surface area contributed by atoms with E-state index in [1.807, 2.05) is 30.3 Å². The van der Waals surface area contributed by atoms with Gasteiger partial charge in [-0.05, 0) is 55.0 Å². The van der Waals surface area contributed by atoms with E-state index in [2.05, 4.69) is 53.4 Å². The molecule has 2 aromatic carbocycles. The van der Waals surface area contributed by atoms with Crippen LogP contribution in [-0.4, -0.2) is 31.9 Å². The largest absolute Gasteiger partial charge is 0.490 e. The second-order valence-electron chi connectivity index (χ2n) is 5.62. The number of thiocarbonyl (C=S) groups is 1. The Kier molecular flexibility index (Phi) is 7.79. The highest BCUT2D eigenvalue weighted by Crippen LogP contribution is 2.15. The average molecular weight is 356 g/mol. The lowest BCUT2D eigenvalue weighted by atomic mass is 10.3. The molecule has 0 aliphatic carbocycles. The molecule has 0 bridgehead atoms. The summed E-state index contributed by atoms with van der Waals surface area (Å²) >= 11 is 5.33. The van der Waals surface area contributed by atoms with E-state index in [0.717, 1.165) is 30.9 Å². The van der Waals surface area contributed by atoms with Gasteiger partial charge in [0.2, 0.25) is 0 Å². The van der Waals surface area contributed by atoms with Gasteiger partial charge in [-0.1, -0.05) is 30.9 Å². The molecule has 2 rings (SSSR count). The van der Waals surface area contributed by atoms with Crippen LogP contribution in [0.25, 0.3) is 0 Å². The van der Waals surface area contributed by atoms with Crippen molar-refractivity contribution in [3.63, 3.8) is 0 Å². The summed E-state index contributed by atoms with van der Waals surface area (Å²) in [6, 6.07) is 18.1. The van der Waals surface area contributed by atoms with Crippen LogP contribution < -0.4 is 20.3 Å². The Labute approximate surface area is 155 Å². The topological polar surface area (TPSA) is 36.5 Å². The Balaban J connectivity index is 1.66. The van der Waals surface area contributed by atoms with Crippen LogP contribution in [0, 0.1) is 0 Å². The van der Waals surface area contributed by atoms with Crippen molar-refractivity contribution in [1.29, 1.82) is 0 Å². The number of ether oxygens (including phenoxy) is 1. The van der Waals surface area contributed by atoms with Gasteiger partial charge in [-0.3, -0.25) is 0 Å². The van der Waals surface area contributed by atoms with E-state index in [1.165, 1.54) is 5.69 Å². The van der Waals surface area contributed by atoms with Crippen molar-refractivity contribution in [3.05, 3.63) is 67.3 Å². The number of hydrogen-bond acceptors (Lipinski definition) is 3. The molecule has 0 unspecified atom stereocenters. The van der Waals surface area contributed by atoms with Crippen LogP contribution in [0.5, 0.6) is 5.75 Å². The van der Waals surface area contributed by atoms with Gasteiger partial charge in [-0.2, -0.15) is 0 Å². The van der Waals surface area contributed by atoms with Gasteiger partial charge in [-0.25, -0.2) is 0 Å². The highest BCUT2D eigenvalue weighted by molar-refractivity contribution is 7.80. The Hall–Kier alpha value is -2.53. The molecule has 2 N–H and O–H groups in total. The van der Waals surface area contributed by atoms with E-state index in [0.29, 0.717) is 11.7 Å². The third-order valence-corrected chi connectivity index (χ3v) is 3.88. The molecule has 0 spiro atoms. The molecule has 25 heavy (non-hydrogen) atoms. The molecule has 0 heterocycles. The second kappa shape index (κ2) is 10.4. The van der Waals surface area contributed by atoms with Crippen LogP contribution in [0.4, 0.5) is 11.4 Å². The van der Waals surface area contributed by atoms with E-state index in [9.17, 15) is 0 Å². The van der Waals surface area contributed by atoms with E-state index >= 15 is 0 Å². The molecule has 4 nitrogen and oxygen atoms in total. The van der Waals surface area contributed by atoms with E-state index in [-0.39, 0.29) is 0 Å². The number of anilines is 2. The lowest BCUT2D eigenvalue weighted by Crippen LogP contribution is -2.31. The minimum Gasteiger partial charge on any atom is -0.490 e. The van der Waals surface area contributed by atoms with Crippen molar-refractivity contribution >= 4 is 28.7 Å². The zero-order chi connectivity index (χ0) is 17.9. The summed E-state index contributed by atoms with van der Waals surface area (Å²) in [6.45, 7) is 5.92. The molecule has 5 heteroatoms. The van der Waals surface area contributed by atoms with Crippen LogP contribution in [0.2, 0.25) is 0 Å². The fourth-order valence-corrected chi connectivity index (χ4v) is 2.51. The zero-order valence-electron chi connectivity index (χ0n) is 14.6. The first kappa shape index (κ1) is 18.8. The van der Waals surface area contributed by atoms with Gasteiger partial charge in [0.05, 0.1) is 0 Å². The summed E-state index contributed by atoms with van der Waals surface area (Å²) in [4.78, 5) is 2.24. The molecule has 0 aliphatic heterocycles. The number of nitrogens with one attached hydrogen (secondary N) is 2. The first-order valence-corrected chi connectivity index (χ1v) is 8.74. The lowest BCUT2D eigenvalue weighted by Gasteiger charge is -2.19. The first-order valence-electron chi connectivity index (χ1n) is 8.34. The standard InChI is InChI=1S/C20H25N3OS/c1-3-16-24-19-12-10-17(11-13-19)22-20(25)21-14-7-15-23(2)18-8-5-4-6-9-18/h3-6,8-13H,1,7,14-16H2,2H3,(H2,21,22,25). The number of nitrogens with zero attached hydrogens (tertiary/aromatic N) is 1. The van der Waals surface area contributed by atoms with Crippen LogP contribution in [-0.2, 0) is 0 Å². The third-order valence-electron chi connectivity index (χ3n) is 3.63. The number of benzene rings is 2. The van der Waals surface area contributed by atoms with Crippen LogP contribution in [0.1, 0.15) is 6.42 Å². The maximum atomic E-state index is 5.45. The monoisotopic (exact) mass is 355 g/mol. The number of para-hydroxylation sites is 1. The molecule has 0 radical (unpaired) electrons. The fourth-order valence-electron chi connectivity index (χ4n) is 2.29. The SMILES string of the molecule is C=CCOc1ccc(NC(=S)NCCCN(C)c2ccccc2)cc1. The number of hydrogen-bond donors (Lipinski definition) is 2. The van der Waals surface area contributed by atoms with Crippen molar-refractivity contribution in [1.82, 2.24) is 5.32 Å². The minimum absolute atomic E-state index is 0.504. The number of rotatable bonds is 9. The first-order chi connectivity index (χ1) is 12.2. The molecular weight excluding hydrogens is 330 g/mol. The van der Waals surface area contributed by atoms with Gasteiger partial charge in [0.25, 0.3) is 0 Å². The van der Waals surface area contributed by atoms with Crippen LogP contribution in [0.15, 0.2) is 67.3 Å². The lowest BCUT2D eigenvalue weighted by molar-refractivity contribution is 0.363.